The molecule has 2 amide bonds. The standard InChI is InChI=1S/C41H40ClN3O3/c1-44(41(48)39(46)35-15-9-4-10-16-35)38(29-33-17-21-36(42)22-18-33)40(47)45(30-34-13-7-3-8-14-34)37(23-19-31-11-5-2-6-12-31)24-20-32-25-27-43-28-26-32/h2-18,21-22,25-28,37-38H,19-20,23-24,29-30H2,1H3. The maximum absolute atomic E-state index is 15.1. The van der Waals surface area contributed by atoms with Crippen LogP contribution in [0.5, 0.6) is 0 Å². The van der Waals surface area contributed by atoms with Crippen LogP contribution in [0, 0.1) is 0 Å². The SMILES string of the molecule is CN(C(=O)C(=O)c1ccccc1)C(Cc1ccc(Cl)cc1)C(=O)N(Cc1ccccc1)C(CCc1ccccc1)CCc1ccncc1. The monoisotopic (exact) mass is 657 g/mol. The summed E-state index contributed by atoms with van der Waals surface area (Å²) < 4.78 is 0. The normalized spacial score (nSPS) is 12.1. The van der Waals surface area contributed by atoms with Crippen LogP contribution < -0.4 is 0 Å². The largest absolute Gasteiger partial charge is 0.334 e. The number of aryl methyl sites for hydroxylation is 2. The number of halogens is 1. The number of amides is 2. The number of Topliss-reactive ketones (excluding diaryl/α,β-unsaturated/α-hetero) is 1. The summed E-state index contributed by atoms with van der Waals surface area (Å²) in [6.07, 6.45) is 6.77. The van der Waals surface area contributed by atoms with Crippen LogP contribution in [0.1, 0.15) is 45.5 Å². The molecule has 0 aliphatic heterocycles. The van der Waals surface area contributed by atoms with Crippen molar-refractivity contribution in [1.29, 1.82) is 0 Å². The third kappa shape index (κ3) is 9.49. The van der Waals surface area contributed by atoms with Crippen molar-refractivity contribution in [3.8, 4) is 0 Å². The average molecular weight is 658 g/mol. The van der Waals surface area contributed by atoms with Crippen molar-refractivity contribution < 1.29 is 14.4 Å². The van der Waals surface area contributed by atoms with Gasteiger partial charge in [0.25, 0.3) is 5.91 Å². The molecule has 5 aromatic rings. The Labute approximate surface area is 288 Å². The van der Waals surface area contributed by atoms with Gasteiger partial charge in [-0.2, -0.15) is 0 Å². The van der Waals surface area contributed by atoms with Crippen molar-refractivity contribution in [1.82, 2.24) is 14.8 Å². The van der Waals surface area contributed by atoms with Gasteiger partial charge < -0.3 is 9.80 Å². The lowest BCUT2D eigenvalue weighted by Gasteiger charge is -2.38. The second kappa shape index (κ2) is 17.2. The summed E-state index contributed by atoms with van der Waals surface area (Å²) >= 11 is 6.20. The molecule has 0 aliphatic rings. The van der Waals surface area contributed by atoms with E-state index in [0.29, 0.717) is 18.0 Å². The maximum atomic E-state index is 15.1. The van der Waals surface area contributed by atoms with Crippen molar-refractivity contribution in [2.75, 3.05) is 7.05 Å². The molecule has 0 saturated heterocycles. The van der Waals surface area contributed by atoms with E-state index in [-0.39, 0.29) is 23.9 Å². The summed E-state index contributed by atoms with van der Waals surface area (Å²) in [5, 5.41) is 0.577. The van der Waals surface area contributed by atoms with Crippen molar-refractivity contribution in [3.05, 3.63) is 173 Å². The highest BCUT2D eigenvalue weighted by molar-refractivity contribution is 6.43. The maximum Gasteiger partial charge on any atom is 0.295 e. The summed E-state index contributed by atoms with van der Waals surface area (Å²) in [6, 6.07) is 38.8. The van der Waals surface area contributed by atoms with Gasteiger partial charge in [0.15, 0.2) is 0 Å². The van der Waals surface area contributed by atoms with E-state index in [1.165, 1.54) is 10.5 Å². The van der Waals surface area contributed by atoms with Gasteiger partial charge in [-0.1, -0.05) is 115 Å². The number of carbonyl (C=O) groups excluding carboxylic acids is 3. The molecule has 5 rings (SSSR count). The first-order chi connectivity index (χ1) is 23.4. The molecule has 0 spiro atoms. The predicted octanol–water partition coefficient (Wildman–Crippen LogP) is 7.65. The minimum Gasteiger partial charge on any atom is -0.334 e. The molecule has 0 radical (unpaired) electrons. The highest BCUT2D eigenvalue weighted by atomic mass is 35.5. The minimum absolute atomic E-state index is 0.160. The van der Waals surface area contributed by atoms with E-state index in [2.05, 4.69) is 17.1 Å². The highest BCUT2D eigenvalue weighted by Crippen LogP contribution is 2.24. The second-order valence-corrected chi connectivity index (χ2v) is 12.4. The Morgan fingerprint density at radius 1 is 0.646 bits per heavy atom. The number of rotatable bonds is 15. The van der Waals surface area contributed by atoms with Gasteiger partial charge in [0.1, 0.15) is 6.04 Å². The summed E-state index contributed by atoms with van der Waals surface area (Å²) in [5.74, 6) is -1.59. The number of ketones is 1. The number of likely N-dealkylation sites (N-methyl/N-ethyl adjacent to an activating group) is 1. The smallest absolute Gasteiger partial charge is 0.295 e. The zero-order valence-electron chi connectivity index (χ0n) is 27.1. The third-order valence-electron chi connectivity index (χ3n) is 8.69. The summed E-state index contributed by atoms with van der Waals surface area (Å²) in [4.78, 5) is 49.7. The van der Waals surface area contributed by atoms with Gasteiger partial charge >= 0.3 is 0 Å². The topological polar surface area (TPSA) is 70.6 Å². The fourth-order valence-corrected chi connectivity index (χ4v) is 6.05. The molecule has 0 saturated carbocycles. The molecular weight excluding hydrogens is 618 g/mol. The van der Waals surface area contributed by atoms with Crippen LogP contribution in [-0.4, -0.2) is 51.5 Å². The molecule has 48 heavy (non-hydrogen) atoms. The number of pyridine rings is 1. The summed E-state index contributed by atoms with van der Waals surface area (Å²) in [7, 11) is 1.55. The van der Waals surface area contributed by atoms with Crippen LogP contribution in [0.3, 0.4) is 0 Å². The van der Waals surface area contributed by atoms with Crippen LogP contribution >= 0.6 is 11.6 Å². The molecular formula is C41H40ClN3O3. The molecule has 4 aromatic carbocycles. The van der Waals surface area contributed by atoms with E-state index < -0.39 is 17.7 Å². The number of carbonyl (C=O) groups is 3. The molecule has 2 atom stereocenters. The first-order valence-corrected chi connectivity index (χ1v) is 16.6. The molecule has 244 valence electrons. The predicted molar refractivity (Wildman–Crippen MR) is 191 cm³/mol. The Morgan fingerprint density at radius 2 is 1.17 bits per heavy atom. The van der Waals surface area contributed by atoms with Gasteiger partial charge in [0.05, 0.1) is 0 Å². The van der Waals surface area contributed by atoms with Gasteiger partial charge in [0.2, 0.25) is 11.7 Å². The van der Waals surface area contributed by atoms with Crippen molar-refractivity contribution in [2.45, 2.75) is 50.7 Å². The Balaban J connectivity index is 1.52. The number of hydrogen-bond acceptors (Lipinski definition) is 4. The van der Waals surface area contributed by atoms with Crippen molar-refractivity contribution in [2.24, 2.45) is 0 Å². The van der Waals surface area contributed by atoms with E-state index in [9.17, 15) is 9.59 Å². The van der Waals surface area contributed by atoms with Gasteiger partial charge in [-0.25, -0.2) is 0 Å². The van der Waals surface area contributed by atoms with Crippen molar-refractivity contribution >= 4 is 29.2 Å². The van der Waals surface area contributed by atoms with Crippen LogP contribution in [0.15, 0.2) is 140 Å². The summed E-state index contributed by atoms with van der Waals surface area (Å²) in [5.41, 5.74) is 4.43. The first-order valence-electron chi connectivity index (χ1n) is 16.3. The zero-order chi connectivity index (χ0) is 33.7. The molecule has 1 heterocycles. The second-order valence-electron chi connectivity index (χ2n) is 12.0. The first kappa shape index (κ1) is 34.3. The molecule has 0 fully saturated rings. The van der Waals surface area contributed by atoms with E-state index in [4.69, 9.17) is 11.6 Å². The number of nitrogens with zero attached hydrogens (tertiary/aromatic N) is 3. The molecule has 0 aliphatic carbocycles. The Hall–Kier alpha value is -5.07. The molecule has 7 heteroatoms. The van der Waals surface area contributed by atoms with Gasteiger partial charge in [0, 0.05) is 49.0 Å². The van der Waals surface area contributed by atoms with E-state index in [0.717, 1.165) is 36.0 Å². The van der Waals surface area contributed by atoms with E-state index in [1.54, 1.807) is 61.9 Å². The summed E-state index contributed by atoms with van der Waals surface area (Å²) in [6.45, 7) is 0.362. The van der Waals surface area contributed by atoms with Crippen LogP contribution in [0.2, 0.25) is 5.02 Å². The average Bonchev–Trinajstić information content (AvgIpc) is 3.14. The molecule has 0 N–H and O–H groups in total. The van der Waals surface area contributed by atoms with Gasteiger partial charge in [-0.05, 0) is 72.2 Å². The number of benzene rings is 4. The van der Waals surface area contributed by atoms with Crippen molar-refractivity contribution in [3.63, 3.8) is 0 Å². The number of hydrogen-bond donors (Lipinski definition) is 0. The lowest BCUT2D eigenvalue weighted by atomic mass is 9.95. The quantitative estimate of drug-likeness (QED) is 0.0857. The van der Waals surface area contributed by atoms with Crippen LogP contribution in [-0.2, 0) is 35.4 Å². The van der Waals surface area contributed by atoms with Gasteiger partial charge in [-0.3, -0.25) is 19.4 Å². The molecule has 6 nitrogen and oxygen atoms in total. The lowest BCUT2D eigenvalue weighted by Crippen LogP contribution is -2.54. The third-order valence-corrected chi connectivity index (χ3v) is 8.94. The Bertz CT molecular complexity index is 1710. The molecule has 2 unspecified atom stereocenters. The van der Waals surface area contributed by atoms with Gasteiger partial charge in [-0.15, -0.1) is 0 Å². The number of aromatic nitrogens is 1. The molecule has 0 bridgehead atoms. The van der Waals surface area contributed by atoms with Crippen LogP contribution in [0.4, 0.5) is 0 Å². The fourth-order valence-electron chi connectivity index (χ4n) is 5.92. The van der Waals surface area contributed by atoms with E-state index >= 15 is 4.79 Å². The van der Waals surface area contributed by atoms with E-state index in [1.807, 2.05) is 77.7 Å². The highest BCUT2D eigenvalue weighted by Gasteiger charge is 2.36. The molecule has 1 aromatic heterocycles. The van der Waals surface area contributed by atoms with Crippen LogP contribution in [0.25, 0.3) is 0 Å². The Kier molecular flexibility index (Phi) is 12.3. The fraction of sp³-hybridized carbons (Fsp3) is 0.220. The minimum atomic E-state index is -0.935. The Morgan fingerprint density at radius 3 is 1.75 bits per heavy atom. The zero-order valence-corrected chi connectivity index (χ0v) is 27.9. The lowest BCUT2D eigenvalue weighted by molar-refractivity contribution is -0.145.